The second kappa shape index (κ2) is 5.23. The third-order valence-corrected chi connectivity index (χ3v) is 4.10. The van der Waals surface area contributed by atoms with Crippen molar-refractivity contribution in [2.75, 3.05) is 7.11 Å². The van der Waals surface area contributed by atoms with E-state index in [0.29, 0.717) is 11.3 Å². The maximum atomic E-state index is 13.7. The minimum atomic E-state index is -0.422. The van der Waals surface area contributed by atoms with Crippen LogP contribution in [0.1, 0.15) is 37.4 Å². The van der Waals surface area contributed by atoms with Gasteiger partial charge in [0.15, 0.2) is 5.82 Å². The highest BCUT2D eigenvalue weighted by atomic mass is 19.1. The molecule has 1 heterocycles. The zero-order valence-electron chi connectivity index (χ0n) is 11.4. The quantitative estimate of drug-likeness (QED) is 0.876. The van der Waals surface area contributed by atoms with Crippen molar-refractivity contribution in [3.63, 3.8) is 0 Å². The van der Waals surface area contributed by atoms with E-state index in [1.165, 1.54) is 13.2 Å². The van der Waals surface area contributed by atoms with E-state index in [2.05, 4.69) is 9.97 Å². The van der Waals surface area contributed by atoms with Gasteiger partial charge in [-0.25, -0.2) is 9.37 Å². The van der Waals surface area contributed by atoms with E-state index < -0.39 is 5.92 Å². The Bertz CT molecular complexity index is 632. The van der Waals surface area contributed by atoms with Crippen LogP contribution in [0.15, 0.2) is 18.2 Å². The normalized spacial score (nSPS) is 17.5. The summed E-state index contributed by atoms with van der Waals surface area (Å²) in [5.74, 6) is -0.347. The lowest BCUT2D eigenvalue weighted by molar-refractivity contribution is -0.144. The van der Waals surface area contributed by atoms with Crippen LogP contribution in [0.25, 0.3) is 11.0 Å². The lowest BCUT2D eigenvalue weighted by Crippen LogP contribution is -2.22. The van der Waals surface area contributed by atoms with Gasteiger partial charge in [-0.05, 0) is 30.9 Å². The van der Waals surface area contributed by atoms with E-state index >= 15 is 0 Å². The highest BCUT2D eigenvalue weighted by Crippen LogP contribution is 2.37. The van der Waals surface area contributed by atoms with E-state index in [0.717, 1.165) is 25.7 Å². The van der Waals surface area contributed by atoms with Gasteiger partial charge < -0.3 is 9.72 Å². The summed E-state index contributed by atoms with van der Waals surface area (Å²) in [5, 5.41) is 0. The molecular weight excluding hydrogens is 259 g/mol. The number of halogens is 1. The number of methoxy groups -OCH3 is 1. The van der Waals surface area contributed by atoms with Crippen LogP contribution in [0.5, 0.6) is 0 Å². The number of nitrogens with zero attached hydrogens (tertiary/aromatic N) is 1. The number of aromatic nitrogens is 2. The Kier molecular flexibility index (Phi) is 3.42. The molecule has 1 fully saturated rings. The largest absolute Gasteiger partial charge is 0.468 e. The SMILES string of the molecule is COC(=O)C(c1nc2c(F)cccc2[nH]1)C1CCCC1. The fraction of sp³-hybridized carbons (Fsp3) is 0.467. The Morgan fingerprint density at radius 1 is 1.45 bits per heavy atom. The van der Waals surface area contributed by atoms with Gasteiger partial charge in [0.05, 0.1) is 12.6 Å². The Balaban J connectivity index is 2.04. The predicted octanol–water partition coefficient (Wildman–Crippen LogP) is 3.15. The van der Waals surface area contributed by atoms with Gasteiger partial charge in [0.1, 0.15) is 17.3 Å². The van der Waals surface area contributed by atoms with Crippen molar-refractivity contribution in [1.29, 1.82) is 0 Å². The second-order valence-corrected chi connectivity index (χ2v) is 5.30. The highest BCUT2D eigenvalue weighted by Gasteiger charge is 2.35. The van der Waals surface area contributed by atoms with Crippen molar-refractivity contribution in [1.82, 2.24) is 9.97 Å². The molecule has 1 aliphatic rings. The molecule has 0 amide bonds. The van der Waals surface area contributed by atoms with Crippen molar-refractivity contribution >= 4 is 17.0 Å². The number of rotatable bonds is 3. The summed E-state index contributed by atoms with van der Waals surface area (Å²) in [6, 6.07) is 4.76. The Labute approximate surface area is 116 Å². The van der Waals surface area contributed by atoms with Crippen LogP contribution >= 0.6 is 0 Å². The fourth-order valence-corrected chi connectivity index (χ4v) is 3.11. The third kappa shape index (κ3) is 2.17. The minimum absolute atomic E-state index is 0.228. The van der Waals surface area contributed by atoms with Crippen LogP contribution in [0.4, 0.5) is 4.39 Å². The Morgan fingerprint density at radius 3 is 2.85 bits per heavy atom. The fourth-order valence-electron chi connectivity index (χ4n) is 3.11. The molecule has 1 unspecified atom stereocenters. The van der Waals surface area contributed by atoms with Crippen LogP contribution in [-0.4, -0.2) is 23.0 Å². The van der Waals surface area contributed by atoms with Gasteiger partial charge in [-0.1, -0.05) is 18.9 Å². The van der Waals surface area contributed by atoms with Gasteiger partial charge >= 0.3 is 5.97 Å². The molecule has 4 nitrogen and oxygen atoms in total. The maximum absolute atomic E-state index is 13.7. The van der Waals surface area contributed by atoms with Gasteiger partial charge in [0.25, 0.3) is 0 Å². The summed E-state index contributed by atoms with van der Waals surface area (Å²) >= 11 is 0. The number of hydrogen-bond donors (Lipinski definition) is 1. The smallest absolute Gasteiger partial charge is 0.316 e. The van der Waals surface area contributed by atoms with Crippen molar-refractivity contribution < 1.29 is 13.9 Å². The number of ether oxygens (including phenoxy) is 1. The van der Waals surface area contributed by atoms with Crippen LogP contribution in [0.2, 0.25) is 0 Å². The van der Waals surface area contributed by atoms with Gasteiger partial charge in [-0.15, -0.1) is 0 Å². The zero-order chi connectivity index (χ0) is 14.1. The molecule has 0 aliphatic heterocycles. The molecule has 0 spiro atoms. The number of imidazole rings is 1. The van der Waals surface area contributed by atoms with E-state index in [-0.39, 0.29) is 23.2 Å². The van der Waals surface area contributed by atoms with Gasteiger partial charge in [-0.3, -0.25) is 4.79 Å². The molecule has 0 saturated heterocycles. The first-order valence-corrected chi connectivity index (χ1v) is 6.92. The molecule has 1 aromatic heterocycles. The number of carbonyl (C=O) groups is 1. The molecular formula is C15H17FN2O2. The molecule has 3 rings (SSSR count). The number of benzene rings is 1. The summed E-state index contributed by atoms with van der Waals surface area (Å²) in [6.45, 7) is 0. The number of nitrogens with one attached hydrogen (secondary N) is 1. The average molecular weight is 276 g/mol. The maximum Gasteiger partial charge on any atom is 0.316 e. The topological polar surface area (TPSA) is 55.0 Å². The number of fused-ring (bicyclic) bond motifs is 1. The molecule has 1 aliphatic carbocycles. The molecule has 0 radical (unpaired) electrons. The van der Waals surface area contributed by atoms with Crippen LogP contribution in [-0.2, 0) is 9.53 Å². The number of esters is 1. The van der Waals surface area contributed by atoms with E-state index in [4.69, 9.17) is 4.74 Å². The number of carbonyl (C=O) groups excluding carboxylic acids is 1. The lowest BCUT2D eigenvalue weighted by atomic mass is 9.90. The van der Waals surface area contributed by atoms with Crippen molar-refractivity contribution in [3.8, 4) is 0 Å². The second-order valence-electron chi connectivity index (χ2n) is 5.30. The standard InChI is InChI=1S/C15H17FN2O2/c1-20-15(19)12(9-5-2-3-6-9)14-17-11-8-4-7-10(16)13(11)18-14/h4,7-9,12H,2-3,5-6H2,1H3,(H,17,18). The molecule has 20 heavy (non-hydrogen) atoms. The lowest BCUT2D eigenvalue weighted by Gasteiger charge is -2.18. The molecule has 1 atom stereocenters. The van der Waals surface area contributed by atoms with Crippen molar-refractivity contribution in [2.24, 2.45) is 5.92 Å². The number of H-pyrrole nitrogens is 1. The summed E-state index contributed by atoms with van der Waals surface area (Å²) in [4.78, 5) is 19.5. The molecule has 2 aromatic rings. The number of para-hydroxylation sites is 1. The first-order chi connectivity index (χ1) is 9.70. The summed E-state index contributed by atoms with van der Waals surface area (Å²) in [5.41, 5.74) is 0.904. The predicted molar refractivity (Wildman–Crippen MR) is 72.8 cm³/mol. The monoisotopic (exact) mass is 276 g/mol. The number of hydrogen-bond acceptors (Lipinski definition) is 3. The summed E-state index contributed by atoms with van der Waals surface area (Å²) in [7, 11) is 1.38. The van der Waals surface area contributed by atoms with Crippen LogP contribution in [0.3, 0.4) is 0 Å². The van der Waals surface area contributed by atoms with Gasteiger partial charge in [0, 0.05) is 0 Å². The molecule has 1 N–H and O–H groups in total. The highest BCUT2D eigenvalue weighted by molar-refractivity contribution is 5.81. The first-order valence-electron chi connectivity index (χ1n) is 6.92. The Hall–Kier alpha value is -1.91. The van der Waals surface area contributed by atoms with E-state index in [1.54, 1.807) is 12.1 Å². The third-order valence-electron chi connectivity index (χ3n) is 4.10. The summed E-state index contributed by atoms with van der Waals surface area (Å²) in [6.07, 6.45) is 4.21. The summed E-state index contributed by atoms with van der Waals surface area (Å²) < 4.78 is 18.6. The van der Waals surface area contributed by atoms with E-state index in [1.807, 2.05) is 0 Å². The van der Waals surface area contributed by atoms with E-state index in [9.17, 15) is 9.18 Å². The van der Waals surface area contributed by atoms with Crippen LogP contribution in [0, 0.1) is 11.7 Å². The molecule has 0 bridgehead atoms. The molecule has 1 aromatic carbocycles. The first kappa shape index (κ1) is 13.1. The van der Waals surface area contributed by atoms with Crippen LogP contribution < -0.4 is 0 Å². The van der Waals surface area contributed by atoms with Gasteiger partial charge in [0.2, 0.25) is 0 Å². The minimum Gasteiger partial charge on any atom is -0.468 e. The molecule has 5 heteroatoms. The molecule has 1 saturated carbocycles. The molecule has 106 valence electrons. The zero-order valence-corrected chi connectivity index (χ0v) is 11.4. The van der Waals surface area contributed by atoms with Crippen molar-refractivity contribution in [2.45, 2.75) is 31.6 Å². The van der Waals surface area contributed by atoms with Gasteiger partial charge in [-0.2, -0.15) is 0 Å². The number of aromatic amines is 1. The van der Waals surface area contributed by atoms with Crippen molar-refractivity contribution in [3.05, 3.63) is 29.8 Å². The average Bonchev–Trinajstić information content (AvgIpc) is 3.09. The Morgan fingerprint density at radius 2 is 2.20 bits per heavy atom.